The third-order valence-electron chi connectivity index (χ3n) is 4.16. The summed E-state index contributed by atoms with van der Waals surface area (Å²) in [6, 6.07) is 10.7. The van der Waals surface area contributed by atoms with Crippen LogP contribution in [0, 0.1) is 6.92 Å². The van der Waals surface area contributed by atoms with Gasteiger partial charge >= 0.3 is 0 Å². The highest BCUT2D eigenvalue weighted by Gasteiger charge is 2.12. The molecule has 0 amide bonds. The summed E-state index contributed by atoms with van der Waals surface area (Å²) in [6.45, 7) is 2.03. The Hall–Kier alpha value is -2.84. The number of nitrogens with one attached hydrogen (secondary N) is 1. The average Bonchev–Trinajstić information content (AvgIpc) is 3.07. The van der Waals surface area contributed by atoms with Crippen LogP contribution in [0.3, 0.4) is 0 Å². The van der Waals surface area contributed by atoms with Gasteiger partial charge in [-0.05, 0) is 54.4 Å². The van der Waals surface area contributed by atoms with Crippen LogP contribution in [0.4, 0.5) is 11.5 Å². The van der Waals surface area contributed by atoms with Gasteiger partial charge in [0, 0.05) is 29.2 Å². The van der Waals surface area contributed by atoms with Gasteiger partial charge in [0.15, 0.2) is 9.84 Å². The second-order valence-corrected chi connectivity index (χ2v) is 9.21. The van der Waals surface area contributed by atoms with Crippen LogP contribution in [0.2, 0.25) is 0 Å². The maximum Gasteiger partial charge on any atom is 0.175 e. The van der Waals surface area contributed by atoms with E-state index in [0.717, 1.165) is 31.9 Å². The third kappa shape index (κ3) is 3.54. The number of hydrogen-bond acceptors (Lipinski definition) is 7. The SMILES string of the molecule is Cc1cnccc1-c1cc2c(Nc3ccc(S(C)(=O)=O)cc3)ncnc2s1. The van der Waals surface area contributed by atoms with Crippen LogP contribution in [0.15, 0.2) is 60.0 Å². The Bertz CT molecular complexity index is 1230. The number of rotatable bonds is 4. The Morgan fingerprint density at radius 2 is 1.85 bits per heavy atom. The van der Waals surface area contributed by atoms with Crippen LogP contribution >= 0.6 is 11.3 Å². The summed E-state index contributed by atoms with van der Waals surface area (Å²) in [7, 11) is -3.22. The predicted octanol–water partition coefficient (Wildman–Crippen LogP) is 4.21. The van der Waals surface area contributed by atoms with Crippen molar-refractivity contribution in [2.75, 3.05) is 11.6 Å². The van der Waals surface area contributed by atoms with Gasteiger partial charge in [-0.25, -0.2) is 18.4 Å². The highest BCUT2D eigenvalue weighted by atomic mass is 32.2. The first-order valence-electron chi connectivity index (χ1n) is 8.14. The van der Waals surface area contributed by atoms with Crippen molar-refractivity contribution in [3.63, 3.8) is 0 Å². The Morgan fingerprint density at radius 3 is 2.56 bits per heavy atom. The molecule has 27 heavy (non-hydrogen) atoms. The smallest absolute Gasteiger partial charge is 0.175 e. The van der Waals surface area contributed by atoms with Crippen molar-refractivity contribution in [2.24, 2.45) is 0 Å². The zero-order valence-electron chi connectivity index (χ0n) is 14.7. The van der Waals surface area contributed by atoms with Crippen molar-refractivity contribution >= 4 is 42.9 Å². The number of pyridine rings is 1. The summed E-state index contributed by atoms with van der Waals surface area (Å²) < 4.78 is 23.2. The lowest BCUT2D eigenvalue weighted by atomic mass is 10.1. The van der Waals surface area contributed by atoms with Crippen molar-refractivity contribution in [3.8, 4) is 10.4 Å². The maximum absolute atomic E-state index is 11.6. The molecule has 0 spiro atoms. The van der Waals surface area contributed by atoms with Crippen molar-refractivity contribution in [1.82, 2.24) is 15.0 Å². The van der Waals surface area contributed by atoms with Gasteiger partial charge in [-0.15, -0.1) is 11.3 Å². The molecule has 0 saturated carbocycles. The fourth-order valence-electron chi connectivity index (χ4n) is 2.76. The Balaban J connectivity index is 1.71. The van der Waals surface area contributed by atoms with Gasteiger partial charge in [-0.1, -0.05) is 0 Å². The summed E-state index contributed by atoms with van der Waals surface area (Å²) in [4.78, 5) is 15.1. The van der Waals surface area contributed by atoms with E-state index in [1.807, 2.05) is 19.2 Å². The number of anilines is 2. The lowest BCUT2D eigenvalue weighted by molar-refractivity contribution is 0.602. The highest BCUT2D eigenvalue weighted by molar-refractivity contribution is 7.90. The minimum absolute atomic E-state index is 0.284. The van der Waals surface area contributed by atoms with Crippen LogP contribution in [-0.4, -0.2) is 29.6 Å². The van der Waals surface area contributed by atoms with Gasteiger partial charge in [0.2, 0.25) is 0 Å². The van der Waals surface area contributed by atoms with E-state index in [0.29, 0.717) is 5.82 Å². The predicted molar refractivity (Wildman–Crippen MR) is 108 cm³/mol. The van der Waals surface area contributed by atoms with Crippen molar-refractivity contribution in [1.29, 1.82) is 0 Å². The number of benzene rings is 1. The third-order valence-corrected chi connectivity index (χ3v) is 6.37. The molecule has 6 nitrogen and oxygen atoms in total. The van der Waals surface area contributed by atoms with E-state index in [4.69, 9.17) is 0 Å². The normalized spacial score (nSPS) is 11.6. The van der Waals surface area contributed by atoms with Crippen LogP contribution in [-0.2, 0) is 9.84 Å². The van der Waals surface area contributed by atoms with E-state index in [9.17, 15) is 8.42 Å². The van der Waals surface area contributed by atoms with Gasteiger partial charge in [-0.3, -0.25) is 4.98 Å². The van der Waals surface area contributed by atoms with Gasteiger partial charge in [0.25, 0.3) is 0 Å². The molecule has 0 bridgehead atoms. The highest BCUT2D eigenvalue weighted by Crippen LogP contribution is 2.36. The number of fused-ring (bicyclic) bond motifs is 1. The number of nitrogens with zero attached hydrogens (tertiary/aromatic N) is 3. The molecule has 8 heteroatoms. The number of aromatic nitrogens is 3. The second-order valence-electron chi connectivity index (χ2n) is 6.16. The fourth-order valence-corrected chi connectivity index (χ4v) is 4.48. The molecular weight excluding hydrogens is 380 g/mol. The molecule has 0 aliphatic heterocycles. The average molecular weight is 396 g/mol. The van der Waals surface area contributed by atoms with E-state index < -0.39 is 9.84 Å². The van der Waals surface area contributed by atoms with Gasteiger partial charge in [0.1, 0.15) is 17.0 Å². The van der Waals surface area contributed by atoms with Crippen molar-refractivity contribution in [3.05, 3.63) is 60.7 Å². The molecule has 136 valence electrons. The molecule has 3 aromatic heterocycles. The molecule has 0 aliphatic carbocycles. The Morgan fingerprint density at radius 1 is 1.07 bits per heavy atom. The first-order valence-corrected chi connectivity index (χ1v) is 10.9. The summed E-state index contributed by atoms with van der Waals surface area (Å²) in [6.07, 6.45) is 6.33. The van der Waals surface area contributed by atoms with Crippen LogP contribution in [0.5, 0.6) is 0 Å². The van der Waals surface area contributed by atoms with Gasteiger partial charge < -0.3 is 5.32 Å². The van der Waals surface area contributed by atoms with E-state index >= 15 is 0 Å². The monoisotopic (exact) mass is 396 g/mol. The first-order chi connectivity index (χ1) is 12.9. The number of sulfone groups is 1. The zero-order valence-corrected chi connectivity index (χ0v) is 16.3. The van der Waals surface area contributed by atoms with Crippen molar-refractivity contribution in [2.45, 2.75) is 11.8 Å². The summed E-state index contributed by atoms with van der Waals surface area (Å²) >= 11 is 1.60. The molecule has 0 fully saturated rings. The quantitative estimate of drug-likeness (QED) is 0.556. The Labute approximate surface area is 160 Å². The minimum atomic E-state index is -3.22. The van der Waals surface area contributed by atoms with E-state index in [1.165, 1.54) is 12.6 Å². The van der Waals surface area contributed by atoms with Crippen LogP contribution in [0.25, 0.3) is 20.7 Å². The van der Waals surface area contributed by atoms with Crippen LogP contribution < -0.4 is 5.32 Å². The number of hydrogen-bond donors (Lipinski definition) is 1. The second kappa shape index (κ2) is 6.71. The maximum atomic E-state index is 11.6. The molecule has 0 radical (unpaired) electrons. The number of aryl methyl sites for hydroxylation is 1. The molecular formula is C19H16N4O2S2. The molecule has 0 aliphatic rings. The zero-order chi connectivity index (χ0) is 19.0. The molecule has 3 heterocycles. The summed E-state index contributed by atoms with van der Waals surface area (Å²) in [5, 5.41) is 4.17. The number of thiophene rings is 1. The molecule has 1 N–H and O–H groups in total. The molecule has 4 rings (SSSR count). The molecule has 1 aromatic carbocycles. The van der Waals surface area contributed by atoms with E-state index in [1.54, 1.807) is 41.8 Å². The lowest BCUT2D eigenvalue weighted by Crippen LogP contribution is -1.98. The molecule has 0 unspecified atom stereocenters. The van der Waals surface area contributed by atoms with Crippen LogP contribution in [0.1, 0.15) is 5.56 Å². The van der Waals surface area contributed by atoms with E-state index in [-0.39, 0.29) is 4.90 Å². The van der Waals surface area contributed by atoms with Gasteiger partial charge in [-0.2, -0.15) is 0 Å². The van der Waals surface area contributed by atoms with Crippen molar-refractivity contribution < 1.29 is 8.42 Å². The summed E-state index contributed by atoms with van der Waals surface area (Å²) in [5.41, 5.74) is 2.98. The first kappa shape index (κ1) is 17.6. The fraction of sp³-hybridized carbons (Fsp3) is 0.105. The van der Waals surface area contributed by atoms with Gasteiger partial charge in [0.05, 0.1) is 10.3 Å². The molecule has 0 saturated heterocycles. The van der Waals surface area contributed by atoms with E-state index in [2.05, 4.69) is 26.3 Å². The lowest BCUT2D eigenvalue weighted by Gasteiger charge is -2.07. The minimum Gasteiger partial charge on any atom is -0.340 e. The summed E-state index contributed by atoms with van der Waals surface area (Å²) in [5.74, 6) is 0.682. The molecule has 0 atom stereocenters. The standard InChI is InChI=1S/C19H16N4O2S2/c1-12-10-20-8-7-15(12)17-9-16-18(21-11-22-19(16)26-17)23-13-3-5-14(6-4-13)27(2,24)25/h3-11H,1-2H3,(H,21,22,23). The largest absolute Gasteiger partial charge is 0.340 e. The Kier molecular flexibility index (Phi) is 4.37. The topological polar surface area (TPSA) is 84.8 Å². The molecule has 4 aromatic rings.